The van der Waals surface area contributed by atoms with Crippen LogP contribution in [0.1, 0.15) is 24.8 Å². The Morgan fingerprint density at radius 3 is 2.76 bits per heavy atom. The fraction of sp³-hybridized carbons (Fsp3) is 0.462. The maximum atomic E-state index is 13.5. The summed E-state index contributed by atoms with van der Waals surface area (Å²) in [4.78, 5) is 2.06. The molecule has 0 unspecified atom stereocenters. The minimum absolute atomic E-state index is 0.370. The predicted octanol–water partition coefficient (Wildman–Crippen LogP) is 2.84. The van der Waals surface area contributed by atoms with E-state index in [1.165, 1.54) is 6.07 Å². The van der Waals surface area contributed by atoms with Gasteiger partial charge in [0.1, 0.15) is 0 Å². The highest BCUT2D eigenvalue weighted by atomic mass is 19.2. The monoisotopic (exact) mass is 236 g/mol. The average molecular weight is 236 g/mol. The fourth-order valence-electron chi connectivity index (χ4n) is 1.91. The maximum absolute atomic E-state index is 13.5. The van der Waals surface area contributed by atoms with Gasteiger partial charge in [0.2, 0.25) is 0 Å². The Bertz CT molecular complexity index is 436. The number of nitrogens with zero attached hydrogens (tertiary/aromatic N) is 2. The van der Waals surface area contributed by atoms with Gasteiger partial charge in [-0.1, -0.05) is 12.1 Å². The summed E-state index contributed by atoms with van der Waals surface area (Å²) in [5.74, 6) is -1.58. The number of rotatable bonds is 5. The van der Waals surface area contributed by atoms with Crippen molar-refractivity contribution in [2.75, 3.05) is 6.54 Å². The lowest BCUT2D eigenvalue weighted by Gasteiger charge is -2.20. The third-order valence-corrected chi connectivity index (χ3v) is 2.98. The summed E-state index contributed by atoms with van der Waals surface area (Å²) >= 11 is 0. The molecule has 1 fully saturated rings. The van der Waals surface area contributed by atoms with Gasteiger partial charge in [0.05, 0.1) is 6.07 Å². The first kappa shape index (κ1) is 12.0. The van der Waals surface area contributed by atoms with E-state index in [1.807, 2.05) is 0 Å². The Labute approximate surface area is 99.5 Å². The summed E-state index contributed by atoms with van der Waals surface area (Å²) in [5, 5.41) is 8.57. The molecule has 4 heteroatoms. The van der Waals surface area contributed by atoms with Crippen LogP contribution in [-0.2, 0) is 6.54 Å². The zero-order chi connectivity index (χ0) is 12.3. The van der Waals surface area contributed by atoms with Gasteiger partial charge in [-0.2, -0.15) is 5.26 Å². The molecule has 0 aromatic heterocycles. The van der Waals surface area contributed by atoms with Gasteiger partial charge < -0.3 is 0 Å². The van der Waals surface area contributed by atoms with E-state index in [-0.39, 0.29) is 0 Å². The van der Waals surface area contributed by atoms with Gasteiger partial charge in [-0.15, -0.1) is 0 Å². The van der Waals surface area contributed by atoms with E-state index in [0.29, 0.717) is 31.1 Å². The van der Waals surface area contributed by atoms with Crippen LogP contribution in [0.15, 0.2) is 18.2 Å². The van der Waals surface area contributed by atoms with Crippen molar-refractivity contribution >= 4 is 0 Å². The molecule has 0 atom stereocenters. The van der Waals surface area contributed by atoms with Crippen LogP contribution < -0.4 is 0 Å². The molecule has 1 aliphatic rings. The van der Waals surface area contributed by atoms with Crippen LogP contribution in [0.25, 0.3) is 0 Å². The summed E-state index contributed by atoms with van der Waals surface area (Å²) in [6.07, 6.45) is 2.60. The summed E-state index contributed by atoms with van der Waals surface area (Å²) in [5.41, 5.74) is 0.370. The molecular formula is C13H14F2N2. The molecule has 0 bridgehead atoms. The Hall–Kier alpha value is -1.47. The molecule has 1 aliphatic carbocycles. The standard InChI is InChI=1S/C13H14F2N2/c14-12-4-1-3-10(13(12)15)9-17(8-2-7-16)11-5-6-11/h1,3-4,11H,2,5-6,8-9H2. The number of hydrogen-bond donors (Lipinski definition) is 0. The minimum atomic E-state index is -0.807. The molecule has 0 radical (unpaired) electrons. The molecule has 90 valence electrons. The van der Waals surface area contributed by atoms with Crippen LogP contribution in [-0.4, -0.2) is 17.5 Å². The Morgan fingerprint density at radius 1 is 1.35 bits per heavy atom. The molecular weight excluding hydrogens is 222 g/mol. The molecule has 17 heavy (non-hydrogen) atoms. The van der Waals surface area contributed by atoms with Crippen molar-refractivity contribution in [3.63, 3.8) is 0 Å². The topological polar surface area (TPSA) is 27.0 Å². The number of halogens is 2. The normalized spacial score (nSPS) is 14.9. The van der Waals surface area contributed by atoms with Crippen LogP contribution in [0, 0.1) is 23.0 Å². The second-order valence-corrected chi connectivity index (χ2v) is 4.32. The molecule has 1 aromatic carbocycles. The lowest BCUT2D eigenvalue weighted by Crippen LogP contribution is -2.27. The van der Waals surface area contributed by atoms with E-state index >= 15 is 0 Å². The highest BCUT2D eigenvalue weighted by molar-refractivity contribution is 5.19. The van der Waals surface area contributed by atoms with Gasteiger partial charge in [0.25, 0.3) is 0 Å². The van der Waals surface area contributed by atoms with Crippen LogP contribution in [0.4, 0.5) is 8.78 Å². The van der Waals surface area contributed by atoms with E-state index in [2.05, 4.69) is 11.0 Å². The van der Waals surface area contributed by atoms with E-state index in [4.69, 9.17) is 5.26 Å². The summed E-state index contributed by atoms with van der Waals surface area (Å²) in [6.45, 7) is 1.01. The van der Waals surface area contributed by atoms with Crippen LogP contribution in [0.5, 0.6) is 0 Å². The quantitative estimate of drug-likeness (QED) is 0.786. The largest absolute Gasteiger partial charge is 0.295 e. The van der Waals surface area contributed by atoms with Crippen molar-refractivity contribution in [2.24, 2.45) is 0 Å². The Balaban J connectivity index is 2.06. The van der Waals surface area contributed by atoms with Crippen LogP contribution in [0.2, 0.25) is 0 Å². The van der Waals surface area contributed by atoms with Crippen molar-refractivity contribution in [3.8, 4) is 6.07 Å². The van der Waals surface area contributed by atoms with Crippen molar-refractivity contribution in [2.45, 2.75) is 31.8 Å². The zero-order valence-corrected chi connectivity index (χ0v) is 9.50. The molecule has 0 amide bonds. The molecule has 1 aromatic rings. The number of hydrogen-bond acceptors (Lipinski definition) is 2. The highest BCUT2D eigenvalue weighted by Crippen LogP contribution is 2.29. The number of benzene rings is 1. The van der Waals surface area contributed by atoms with Crippen LogP contribution in [0.3, 0.4) is 0 Å². The highest BCUT2D eigenvalue weighted by Gasteiger charge is 2.29. The van der Waals surface area contributed by atoms with Gasteiger partial charge in [0.15, 0.2) is 11.6 Å². The molecule has 2 nitrogen and oxygen atoms in total. The minimum Gasteiger partial charge on any atom is -0.295 e. The Morgan fingerprint density at radius 2 is 2.12 bits per heavy atom. The zero-order valence-electron chi connectivity index (χ0n) is 9.50. The van der Waals surface area contributed by atoms with Crippen molar-refractivity contribution in [3.05, 3.63) is 35.4 Å². The third kappa shape index (κ3) is 3.01. The van der Waals surface area contributed by atoms with Gasteiger partial charge in [-0.3, -0.25) is 4.90 Å². The molecule has 0 heterocycles. The first-order valence-corrected chi connectivity index (χ1v) is 5.76. The maximum Gasteiger partial charge on any atom is 0.163 e. The smallest absolute Gasteiger partial charge is 0.163 e. The lowest BCUT2D eigenvalue weighted by atomic mass is 10.2. The van der Waals surface area contributed by atoms with Crippen LogP contribution >= 0.6 is 0 Å². The molecule has 0 aliphatic heterocycles. The fourth-order valence-corrected chi connectivity index (χ4v) is 1.91. The van der Waals surface area contributed by atoms with Crippen molar-refractivity contribution < 1.29 is 8.78 Å². The molecule has 0 spiro atoms. The van der Waals surface area contributed by atoms with Gasteiger partial charge >= 0.3 is 0 Å². The summed E-state index contributed by atoms with van der Waals surface area (Å²) < 4.78 is 26.6. The van der Waals surface area contributed by atoms with E-state index in [9.17, 15) is 8.78 Å². The van der Waals surface area contributed by atoms with E-state index < -0.39 is 11.6 Å². The van der Waals surface area contributed by atoms with Gasteiger partial charge in [-0.05, 0) is 18.9 Å². The average Bonchev–Trinajstić information content (AvgIpc) is 3.14. The molecule has 0 saturated heterocycles. The molecule has 1 saturated carbocycles. The first-order chi connectivity index (χ1) is 8.22. The van der Waals surface area contributed by atoms with Crippen molar-refractivity contribution in [1.29, 1.82) is 5.26 Å². The predicted molar refractivity (Wildman–Crippen MR) is 60.0 cm³/mol. The lowest BCUT2D eigenvalue weighted by molar-refractivity contribution is 0.256. The summed E-state index contributed by atoms with van der Waals surface area (Å²) in [7, 11) is 0. The third-order valence-electron chi connectivity index (χ3n) is 2.98. The van der Waals surface area contributed by atoms with Crippen molar-refractivity contribution in [1.82, 2.24) is 4.90 Å². The van der Waals surface area contributed by atoms with Gasteiger partial charge in [-0.25, -0.2) is 8.78 Å². The van der Waals surface area contributed by atoms with E-state index in [0.717, 1.165) is 18.9 Å². The SMILES string of the molecule is N#CCCN(Cc1cccc(F)c1F)C1CC1. The second kappa shape index (κ2) is 5.24. The van der Waals surface area contributed by atoms with Gasteiger partial charge in [0, 0.05) is 31.1 Å². The first-order valence-electron chi connectivity index (χ1n) is 5.76. The summed E-state index contributed by atoms with van der Waals surface area (Å²) in [6, 6.07) is 6.75. The Kier molecular flexibility index (Phi) is 3.70. The molecule has 0 N–H and O–H groups in total. The molecule has 2 rings (SSSR count). The second-order valence-electron chi connectivity index (χ2n) is 4.32. The number of nitriles is 1. The van der Waals surface area contributed by atoms with E-state index in [1.54, 1.807) is 6.07 Å².